The summed E-state index contributed by atoms with van der Waals surface area (Å²) in [5.74, 6) is -0.359. The molecular weight excluding hydrogens is 158 g/mol. The van der Waals surface area contributed by atoms with Gasteiger partial charge in [-0.15, -0.1) is 0 Å². The van der Waals surface area contributed by atoms with Gasteiger partial charge in [-0.05, 0) is 6.92 Å². The molecule has 1 aliphatic heterocycles. The number of nitrogens with zero attached hydrogens (tertiary/aromatic N) is 1. The van der Waals surface area contributed by atoms with Crippen LogP contribution < -0.4 is 0 Å². The largest absolute Gasteiger partial charge is 0.325 e. The van der Waals surface area contributed by atoms with E-state index in [4.69, 9.17) is 0 Å². The van der Waals surface area contributed by atoms with Crippen molar-refractivity contribution in [2.24, 2.45) is 0 Å². The first kappa shape index (κ1) is 8.90. The standard InChI is InChI=1S/C8H11NO3/c1-5(10)8-3-7(12)4-9(8)6(2)11/h8H,3-4H2,1-2H3/t8-/m0/s1. The second-order valence-electron chi connectivity index (χ2n) is 3.02. The molecule has 0 aromatic rings. The van der Waals surface area contributed by atoms with E-state index in [-0.39, 0.29) is 30.4 Å². The Hall–Kier alpha value is -1.19. The Bertz CT molecular complexity index is 223. The maximum atomic E-state index is 11.0. The van der Waals surface area contributed by atoms with E-state index in [9.17, 15) is 14.4 Å². The number of ketones is 2. The molecule has 0 aliphatic carbocycles. The molecule has 0 bridgehead atoms. The van der Waals surface area contributed by atoms with Gasteiger partial charge in [0.2, 0.25) is 5.91 Å². The first-order chi connectivity index (χ1) is 5.52. The highest BCUT2D eigenvalue weighted by Gasteiger charge is 2.34. The van der Waals surface area contributed by atoms with E-state index < -0.39 is 6.04 Å². The van der Waals surface area contributed by atoms with Crippen molar-refractivity contribution in [1.82, 2.24) is 4.90 Å². The Morgan fingerprint density at radius 2 is 2.00 bits per heavy atom. The molecule has 0 aromatic carbocycles. The molecular formula is C8H11NO3. The van der Waals surface area contributed by atoms with Gasteiger partial charge in [-0.2, -0.15) is 0 Å². The maximum absolute atomic E-state index is 11.0. The molecule has 0 saturated carbocycles. The fraction of sp³-hybridized carbons (Fsp3) is 0.625. The molecule has 1 fully saturated rings. The minimum absolute atomic E-state index is 0.0367. The van der Waals surface area contributed by atoms with Crippen molar-refractivity contribution in [2.75, 3.05) is 6.54 Å². The third kappa shape index (κ3) is 1.52. The second-order valence-corrected chi connectivity index (χ2v) is 3.02. The molecule has 1 saturated heterocycles. The van der Waals surface area contributed by atoms with Gasteiger partial charge in [-0.3, -0.25) is 14.4 Å². The van der Waals surface area contributed by atoms with E-state index in [1.165, 1.54) is 18.7 Å². The number of rotatable bonds is 1. The number of hydrogen-bond acceptors (Lipinski definition) is 3. The van der Waals surface area contributed by atoms with Gasteiger partial charge in [0, 0.05) is 13.3 Å². The Labute approximate surface area is 70.5 Å². The van der Waals surface area contributed by atoms with Gasteiger partial charge in [0.05, 0.1) is 12.6 Å². The monoisotopic (exact) mass is 169 g/mol. The van der Waals surface area contributed by atoms with Crippen molar-refractivity contribution in [3.8, 4) is 0 Å². The molecule has 12 heavy (non-hydrogen) atoms. The Balaban J connectivity index is 2.79. The van der Waals surface area contributed by atoms with E-state index in [2.05, 4.69) is 0 Å². The molecule has 0 aromatic heterocycles. The number of amides is 1. The highest BCUT2D eigenvalue weighted by molar-refractivity contribution is 5.98. The SMILES string of the molecule is CC(=O)[C@@H]1CC(=O)CN1C(C)=O. The molecule has 1 atom stereocenters. The molecule has 4 nitrogen and oxygen atoms in total. The van der Waals surface area contributed by atoms with Gasteiger partial charge in [-0.25, -0.2) is 0 Å². The number of Topliss-reactive ketones (excluding diaryl/α,β-unsaturated/α-hetero) is 2. The number of likely N-dealkylation sites (tertiary alicyclic amines) is 1. The van der Waals surface area contributed by atoms with Gasteiger partial charge >= 0.3 is 0 Å². The van der Waals surface area contributed by atoms with Crippen LogP contribution >= 0.6 is 0 Å². The summed E-state index contributed by atoms with van der Waals surface area (Å²) in [6, 6.07) is -0.505. The zero-order valence-corrected chi connectivity index (χ0v) is 7.16. The average Bonchev–Trinajstić information content (AvgIpc) is 2.31. The minimum Gasteiger partial charge on any atom is -0.325 e. The van der Waals surface area contributed by atoms with Crippen LogP contribution in [0.1, 0.15) is 20.3 Å². The highest BCUT2D eigenvalue weighted by atomic mass is 16.2. The van der Waals surface area contributed by atoms with Crippen LogP contribution in [0, 0.1) is 0 Å². The fourth-order valence-electron chi connectivity index (χ4n) is 1.38. The summed E-state index contributed by atoms with van der Waals surface area (Å²) in [5.41, 5.74) is 0. The molecule has 1 aliphatic rings. The summed E-state index contributed by atoms with van der Waals surface area (Å²) < 4.78 is 0. The molecule has 0 N–H and O–H groups in total. The van der Waals surface area contributed by atoms with Gasteiger partial charge in [0.25, 0.3) is 0 Å². The smallest absolute Gasteiger partial charge is 0.220 e. The van der Waals surface area contributed by atoms with E-state index in [0.29, 0.717) is 0 Å². The average molecular weight is 169 g/mol. The quantitative estimate of drug-likeness (QED) is 0.544. The Morgan fingerprint density at radius 1 is 1.42 bits per heavy atom. The highest BCUT2D eigenvalue weighted by Crippen LogP contribution is 2.14. The van der Waals surface area contributed by atoms with Crippen LogP contribution in [-0.4, -0.2) is 35.0 Å². The van der Waals surface area contributed by atoms with Crippen LogP contribution in [0.5, 0.6) is 0 Å². The lowest BCUT2D eigenvalue weighted by atomic mass is 10.1. The Morgan fingerprint density at radius 3 is 2.33 bits per heavy atom. The van der Waals surface area contributed by atoms with Gasteiger partial charge in [0.1, 0.15) is 0 Å². The third-order valence-corrected chi connectivity index (χ3v) is 2.02. The van der Waals surface area contributed by atoms with Crippen LogP contribution in [0.4, 0.5) is 0 Å². The molecule has 1 amide bonds. The molecule has 4 heteroatoms. The number of hydrogen-bond donors (Lipinski definition) is 0. The van der Waals surface area contributed by atoms with Crippen molar-refractivity contribution < 1.29 is 14.4 Å². The zero-order valence-electron chi connectivity index (χ0n) is 7.16. The lowest BCUT2D eigenvalue weighted by Gasteiger charge is -2.19. The number of carbonyl (C=O) groups excluding carboxylic acids is 3. The van der Waals surface area contributed by atoms with E-state index in [1.54, 1.807) is 0 Å². The molecule has 1 heterocycles. The zero-order chi connectivity index (χ0) is 9.30. The van der Waals surface area contributed by atoms with Crippen LogP contribution in [-0.2, 0) is 14.4 Å². The van der Waals surface area contributed by atoms with E-state index in [1.807, 2.05) is 0 Å². The summed E-state index contributed by atoms with van der Waals surface area (Å²) in [5, 5.41) is 0. The molecule has 0 spiro atoms. The number of carbonyl (C=O) groups is 3. The predicted octanol–water partition coefficient (Wildman–Crippen LogP) is -0.235. The summed E-state index contributed by atoms with van der Waals surface area (Å²) in [6.45, 7) is 2.87. The van der Waals surface area contributed by atoms with Gasteiger partial charge < -0.3 is 4.90 Å². The normalized spacial score (nSPS) is 23.0. The van der Waals surface area contributed by atoms with E-state index >= 15 is 0 Å². The van der Waals surface area contributed by atoms with E-state index in [0.717, 1.165) is 0 Å². The van der Waals surface area contributed by atoms with Crippen molar-refractivity contribution in [1.29, 1.82) is 0 Å². The summed E-state index contributed by atoms with van der Waals surface area (Å²) in [7, 11) is 0. The fourth-order valence-corrected chi connectivity index (χ4v) is 1.38. The van der Waals surface area contributed by atoms with Crippen LogP contribution in [0.3, 0.4) is 0 Å². The topological polar surface area (TPSA) is 54.5 Å². The van der Waals surface area contributed by atoms with Crippen molar-refractivity contribution in [3.05, 3.63) is 0 Å². The Kier molecular flexibility index (Phi) is 2.26. The van der Waals surface area contributed by atoms with Crippen molar-refractivity contribution in [2.45, 2.75) is 26.3 Å². The van der Waals surface area contributed by atoms with Crippen LogP contribution in [0.2, 0.25) is 0 Å². The first-order valence-corrected chi connectivity index (χ1v) is 3.81. The van der Waals surface area contributed by atoms with Gasteiger partial charge in [-0.1, -0.05) is 0 Å². The predicted molar refractivity (Wildman–Crippen MR) is 41.5 cm³/mol. The lowest BCUT2D eigenvalue weighted by Crippen LogP contribution is -2.38. The minimum atomic E-state index is -0.505. The summed E-state index contributed by atoms with van der Waals surface area (Å²) in [6.07, 6.45) is 0.189. The van der Waals surface area contributed by atoms with Crippen molar-refractivity contribution >= 4 is 17.5 Å². The van der Waals surface area contributed by atoms with Gasteiger partial charge in [0.15, 0.2) is 11.6 Å². The first-order valence-electron chi connectivity index (χ1n) is 3.81. The maximum Gasteiger partial charge on any atom is 0.220 e. The van der Waals surface area contributed by atoms with Crippen LogP contribution in [0.15, 0.2) is 0 Å². The third-order valence-electron chi connectivity index (χ3n) is 2.02. The van der Waals surface area contributed by atoms with Crippen LogP contribution in [0.25, 0.3) is 0 Å². The second kappa shape index (κ2) is 3.05. The molecule has 0 radical (unpaired) electrons. The summed E-state index contributed by atoms with van der Waals surface area (Å²) >= 11 is 0. The summed E-state index contributed by atoms with van der Waals surface area (Å²) in [4.78, 5) is 34.1. The lowest BCUT2D eigenvalue weighted by molar-refractivity contribution is -0.135. The molecule has 66 valence electrons. The molecule has 1 rings (SSSR count). The molecule has 0 unspecified atom stereocenters. The van der Waals surface area contributed by atoms with Crippen molar-refractivity contribution in [3.63, 3.8) is 0 Å².